The van der Waals surface area contributed by atoms with Gasteiger partial charge < -0.3 is 9.84 Å². The molecule has 2 saturated carbocycles. The van der Waals surface area contributed by atoms with Crippen molar-refractivity contribution in [3.63, 3.8) is 0 Å². The van der Waals surface area contributed by atoms with Crippen molar-refractivity contribution < 1.29 is 14.6 Å². The van der Waals surface area contributed by atoms with Crippen molar-refractivity contribution in [1.29, 1.82) is 0 Å². The number of hydrogen-bond acceptors (Lipinski definition) is 5. The summed E-state index contributed by atoms with van der Waals surface area (Å²) in [5.74, 6) is 2.32. The van der Waals surface area contributed by atoms with Crippen LogP contribution in [0.15, 0.2) is 36.5 Å². The average Bonchev–Trinajstić information content (AvgIpc) is 2.89. The van der Waals surface area contributed by atoms with Crippen LogP contribution in [0.25, 0.3) is 0 Å². The summed E-state index contributed by atoms with van der Waals surface area (Å²) in [7, 11) is 1.42. The van der Waals surface area contributed by atoms with Crippen LogP contribution in [0.1, 0.15) is 46.0 Å². The second-order valence-corrected chi connectivity index (χ2v) is 12.1. The molecular weight excluding hydrogens is 388 g/mol. The van der Waals surface area contributed by atoms with E-state index in [0.717, 1.165) is 24.0 Å². The second kappa shape index (κ2) is 8.61. The Morgan fingerprint density at radius 2 is 2.00 bits per heavy atom. The molecular formula is C23H34O3S2. The topological polar surface area (TPSA) is 46.5 Å². The molecule has 28 heavy (non-hydrogen) atoms. The lowest BCUT2D eigenvalue weighted by atomic mass is 9.62. The van der Waals surface area contributed by atoms with Crippen LogP contribution in [0.4, 0.5) is 0 Å². The van der Waals surface area contributed by atoms with Crippen molar-refractivity contribution in [2.24, 2.45) is 23.2 Å². The van der Waals surface area contributed by atoms with Gasteiger partial charge in [0.2, 0.25) is 0 Å². The number of methoxy groups -OCH3 is 1. The Hall–Kier alpha value is -0.650. The number of carbonyl (C=O) groups is 1. The summed E-state index contributed by atoms with van der Waals surface area (Å²) >= 11 is 4.18. The number of aliphatic hydroxyl groups is 1. The molecule has 3 aliphatic rings. The zero-order valence-corrected chi connectivity index (χ0v) is 19.0. The van der Waals surface area contributed by atoms with Crippen molar-refractivity contribution in [1.82, 2.24) is 0 Å². The Morgan fingerprint density at radius 1 is 1.32 bits per heavy atom. The summed E-state index contributed by atoms with van der Waals surface area (Å²) in [4.78, 5) is 12.2. The molecule has 156 valence electrons. The predicted octanol–water partition coefficient (Wildman–Crippen LogP) is 5.22. The molecule has 3 rings (SSSR count). The third kappa shape index (κ3) is 3.99. The Labute approximate surface area is 178 Å². The van der Waals surface area contributed by atoms with E-state index < -0.39 is 6.10 Å². The summed E-state index contributed by atoms with van der Waals surface area (Å²) in [5, 5.41) is 11.4. The molecule has 2 aliphatic carbocycles. The van der Waals surface area contributed by atoms with E-state index in [2.05, 4.69) is 49.7 Å². The number of ether oxygens (including phenoxy) is 1. The molecule has 1 aliphatic heterocycles. The molecule has 5 heteroatoms. The van der Waals surface area contributed by atoms with Crippen LogP contribution in [-0.4, -0.2) is 39.9 Å². The van der Waals surface area contributed by atoms with E-state index in [1.807, 2.05) is 13.0 Å². The quantitative estimate of drug-likeness (QED) is 0.486. The first-order chi connectivity index (χ1) is 13.3. The molecule has 1 spiro atoms. The number of thioether (sulfide) groups is 2. The highest BCUT2D eigenvalue weighted by Gasteiger charge is 2.62. The highest BCUT2D eigenvalue weighted by Crippen LogP contribution is 2.66. The van der Waals surface area contributed by atoms with Gasteiger partial charge in [0, 0.05) is 5.92 Å². The summed E-state index contributed by atoms with van der Waals surface area (Å²) in [6, 6.07) is 0. The van der Waals surface area contributed by atoms with Gasteiger partial charge in [0.1, 0.15) is 0 Å². The van der Waals surface area contributed by atoms with E-state index in [4.69, 9.17) is 4.74 Å². The number of fused-ring (bicyclic) bond motifs is 1. The normalized spacial score (nSPS) is 37.4. The van der Waals surface area contributed by atoms with Gasteiger partial charge in [0.15, 0.2) is 0 Å². The van der Waals surface area contributed by atoms with Gasteiger partial charge >= 0.3 is 5.97 Å². The zero-order valence-electron chi connectivity index (χ0n) is 17.4. The maximum Gasteiger partial charge on any atom is 0.305 e. The van der Waals surface area contributed by atoms with Crippen molar-refractivity contribution in [2.75, 3.05) is 18.6 Å². The van der Waals surface area contributed by atoms with Gasteiger partial charge in [-0.15, -0.1) is 23.5 Å². The number of hydrogen-bond donors (Lipinski definition) is 1. The van der Waals surface area contributed by atoms with E-state index in [-0.39, 0.29) is 39.6 Å². The monoisotopic (exact) mass is 422 g/mol. The first-order valence-electron chi connectivity index (χ1n) is 10.3. The molecule has 5 atom stereocenters. The minimum Gasteiger partial charge on any atom is -0.469 e. The highest BCUT2D eigenvalue weighted by atomic mass is 32.2. The Kier molecular flexibility index (Phi) is 6.78. The minimum atomic E-state index is -0.497. The van der Waals surface area contributed by atoms with Gasteiger partial charge in [0.05, 0.1) is 23.7 Å². The minimum absolute atomic E-state index is 0.0447. The average molecular weight is 423 g/mol. The van der Waals surface area contributed by atoms with Crippen LogP contribution in [0.2, 0.25) is 0 Å². The number of allylic oxidation sites excluding steroid dienone is 4. The van der Waals surface area contributed by atoms with E-state index in [0.29, 0.717) is 0 Å². The van der Waals surface area contributed by atoms with Crippen LogP contribution in [-0.2, 0) is 9.53 Å². The van der Waals surface area contributed by atoms with E-state index in [9.17, 15) is 9.90 Å². The lowest BCUT2D eigenvalue weighted by Gasteiger charge is -2.50. The molecule has 0 aromatic rings. The number of aliphatic hydroxyl groups excluding tert-OH is 1. The fourth-order valence-corrected chi connectivity index (χ4v) is 9.16. The lowest BCUT2D eigenvalue weighted by Crippen LogP contribution is -2.44. The number of esters is 1. The fourth-order valence-electron chi connectivity index (χ4n) is 5.73. The number of rotatable bonds is 5. The maximum atomic E-state index is 12.2. The fraction of sp³-hybridized carbons (Fsp3) is 0.696. The first-order valence-corrected chi connectivity index (χ1v) is 12.3. The van der Waals surface area contributed by atoms with Crippen LogP contribution >= 0.6 is 23.5 Å². The van der Waals surface area contributed by atoms with Crippen LogP contribution in [0.5, 0.6) is 0 Å². The molecule has 0 aromatic carbocycles. The van der Waals surface area contributed by atoms with Gasteiger partial charge in [-0.3, -0.25) is 4.79 Å². The van der Waals surface area contributed by atoms with Gasteiger partial charge in [-0.1, -0.05) is 43.4 Å². The van der Waals surface area contributed by atoms with E-state index in [1.54, 1.807) is 0 Å². The van der Waals surface area contributed by atoms with Crippen LogP contribution < -0.4 is 0 Å². The lowest BCUT2D eigenvalue weighted by molar-refractivity contribution is -0.143. The Balaban J connectivity index is 1.95. The SMILES string of the molecule is C=C/C(C)=C/C(=C)[C@@H]1C(CC(=O)OC)[C@@H](O)[C@@H]2CC3(CC[C@@]12C)SCCCS3. The second-order valence-electron chi connectivity index (χ2n) is 8.86. The Bertz CT molecular complexity index is 665. The molecule has 3 nitrogen and oxygen atoms in total. The zero-order chi connectivity index (χ0) is 20.5. The highest BCUT2D eigenvalue weighted by molar-refractivity contribution is 8.18. The predicted molar refractivity (Wildman–Crippen MR) is 120 cm³/mol. The molecule has 1 unspecified atom stereocenters. The smallest absolute Gasteiger partial charge is 0.305 e. The summed E-state index contributed by atoms with van der Waals surface area (Å²) in [5.41, 5.74) is 2.03. The van der Waals surface area contributed by atoms with Crippen molar-refractivity contribution in [3.8, 4) is 0 Å². The van der Waals surface area contributed by atoms with Crippen molar-refractivity contribution in [3.05, 3.63) is 36.5 Å². The van der Waals surface area contributed by atoms with Crippen LogP contribution in [0, 0.1) is 23.2 Å². The maximum absolute atomic E-state index is 12.2. The molecule has 0 aromatic heterocycles. The molecule has 1 saturated heterocycles. The summed E-state index contributed by atoms with van der Waals surface area (Å²) < 4.78 is 5.21. The molecule has 1 N–H and O–H groups in total. The third-order valence-electron chi connectivity index (χ3n) is 7.20. The van der Waals surface area contributed by atoms with Crippen molar-refractivity contribution >= 4 is 29.5 Å². The molecule has 1 heterocycles. The van der Waals surface area contributed by atoms with Crippen molar-refractivity contribution in [2.45, 2.75) is 56.1 Å². The number of carbonyl (C=O) groups excluding carboxylic acids is 1. The first kappa shape index (κ1) is 22.0. The van der Waals surface area contributed by atoms with Gasteiger partial charge in [-0.05, 0) is 61.4 Å². The van der Waals surface area contributed by atoms with E-state index in [1.165, 1.54) is 31.5 Å². The summed E-state index contributed by atoms with van der Waals surface area (Å²) in [6.45, 7) is 12.6. The molecule has 0 amide bonds. The Morgan fingerprint density at radius 3 is 2.61 bits per heavy atom. The summed E-state index contributed by atoms with van der Waals surface area (Å²) in [6.07, 6.45) is 8.19. The standard InChI is InChI=1S/C23H34O3S2/c1-6-15(2)12-16(3)20-17(13-19(24)26-5)21(25)18-14-23(9-8-22(18,20)4)27-10-7-11-28-23/h6,12,17-18,20-21,25H,1,3,7-11,13-14H2,2,4-5H3/b15-12+/t17?,18-,20+,21+,22+/m0/s1. The molecule has 3 fully saturated rings. The molecule has 0 radical (unpaired) electrons. The van der Waals surface area contributed by atoms with Gasteiger partial charge in [0.25, 0.3) is 0 Å². The van der Waals surface area contributed by atoms with Crippen LogP contribution in [0.3, 0.4) is 0 Å². The molecule has 0 bridgehead atoms. The van der Waals surface area contributed by atoms with Gasteiger partial charge in [-0.2, -0.15) is 0 Å². The third-order valence-corrected chi connectivity index (χ3v) is 10.7. The van der Waals surface area contributed by atoms with E-state index >= 15 is 0 Å². The largest absolute Gasteiger partial charge is 0.469 e. The van der Waals surface area contributed by atoms with Gasteiger partial charge in [-0.25, -0.2) is 0 Å².